The van der Waals surface area contributed by atoms with Crippen molar-refractivity contribution in [3.8, 4) is 0 Å². The Morgan fingerprint density at radius 2 is 1.83 bits per heavy atom. The minimum absolute atomic E-state index is 0.0776. The first-order chi connectivity index (χ1) is 14.5. The SMILES string of the molecule is O=C(NCC1=NN(c2ccc(Cl)cc2Cl)C(c2ccc(Cl)cc2)C1)c1cccnc1. The van der Waals surface area contributed by atoms with Crippen LogP contribution in [-0.2, 0) is 0 Å². The number of pyridine rings is 1. The third-order valence-corrected chi connectivity index (χ3v) is 5.55. The third-order valence-electron chi connectivity index (χ3n) is 4.76. The molecule has 1 aliphatic rings. The summed E-state index contributed by atoms with van der Waals surface area (Å²) in [5.74, 6) is -0.197. The standard InChI is InChI=1S/C22H17Cl3N4O/c23-16-5-3-14(4-6-16)21-11-18(13-27-22(30)15-2-1-9-26-12-15)28-29(21)20-8-7-17(24)10-19(20)25/h1-10,12,21H,11,13H2,(H,27,30). The highest BCUT2D eigenvalue weighted by atomic mass is 35.5. The van der Waals surface area contributed by atoms with Crippen molar-refractivity contribution >= 4 is 52.1 Å². The normalized spacial score (nSPS) is 15.8. The Kier molecular flexibility index (Phi) is 6.23. The number of benzene rings is 2. The molecule has 30 heavy (non-hydrogen) atoms. The van der Waals surface area contributed by atoms with E-state index in [-0.39, 0.29) is 11.9 Å². The summed E-state index contributed by atoms with van der Waals surface area (Å²) in [6.07, 6.45) is 3.79. The maximum atomic E-state index is 12.4. The molecular formula is C22H17Cl3N4O. The second kappa shape index (κ2) is 9.04. The zero-order valence-corrected chi connectivity index (χ0v) is 18.0. The van der Waals surface area contributed by atoms with Crippen LogP contribution >= 0.6 is 34.8 Å². The number of hydrogen-bond donors (Lipinski definition) is 1. The molecule has 0 saturated carbocycles. The summed E-state index contributed by atoms with van der Waals surface area (Å²) >= 11 is 18.6. The molecule has 1 unspecified atom stereocenters. The van der Waals surface area contributed by atoms with E-state index < -0.39 is 0 Å². The van der Waals surface area contributed by atoms with Crippen LogP contribution in [0, 0.1) is 0 Å². The van der Waals surface area contributed by atoms with Crippen LogP contribution in [0.5, 0.6) is 0 Å². The number of aromatic nitrogens is 1. The van der Waals surface area contributed by atoms with Gasteiger partial charge in [-0.05, 0) is 48.0 Å². The number of carbonyl (C=O) groups excluding carboxylic acids is 1. The van der Waals surface area contributed by atoms with Gasteiger partial charge in [0.15, 0.2) is 0 Å². The van der Waals surface area contributed by atoms with Gasteiger partial charge in [0.25, 0.3) is 5.91 Å². The number of nitrogens with zero attached hydrogens (tertiary/aromatic N) is 3. The highest BCUT2D eigenvalue weighted by Crippen LogP contribution is 2.39. The molecule has 1 atom stereocenters. The Morgan fingerprint density at radius 3 is 2.53 bits per heavy atom. The maximum absolute atomic E-state index is 12.4. The van der Waals surface area contributed by atoms with Crippen LogP contribution in [0.4, 0.5) is 5.69 Å². The minimum Gasteiger partial charge on any atom is -0.347 e. The monoisotopic (exact) mass is 458 g/mol. The summed E-state index contributed by atoms with van der Waals surface area (Å²) in [7, 11) is 0. The van der Waals surface area contributed by atoms with E-state index in [1.165, 1.54) is 6.20 Å². The summed E-state index contributed by atoms with van der Waals surface area (Å²) in [6.45, 7) is 0.319. The van der Waals surface area contributed by atoms with Gasteiger partial charge in [-0.1, -0.05) is 46.9 Å². The lowest BCUT2D eigenvalue weighted by molar-refractivity contribution is 0.0959. The van der Waals surface area contributed by atoms with E-state index >= 15 is 0 Å². The fourth-order valence-corrected chi connectivity index (χ4v) is 3.92. The average molecular weight is 460 g/mol. The predicted molar refractivity (Wildman–Crippen MR) is 122 cm³/mol. The van der Waals surface area contributed by atoms with Gasteiger partial charge in [0.1, 0.15) is 0 Å². The predicted octanol–water partition coefficient (Wildman–Crippen LogP) is 5.78. The molecule has 2 aromatic carbocycles. The molecule has 4 rings (SSSR count). The number of carbonyl (C=O) groups is 1. The molecule has 3 aromatic rings. The molecule has 1 N–H and O–H groups in total. The van der Waals surface area contributed by atoms with Crippen molar-refractivity contribution in [1.29, 1.82) is 0 Å². The summed E-state index contributed by atoms with van der Waals surface area (Å²) < 4.78 is 0. The van der Waals surface area contributed by atoms with Gasteiger partial charge in [-0.2, -0.15) is 5.10 Å². The highest BCUT2D eigenvalue weighted by molar-refractivity contribution is 6.36. The summed E-state index contributed by atoms with van der Waals surface area (Å²) in [6, 6.07) is 16.3. The molecule has 1 aliphatic heterocycles. The van der Waals surface area contributed by atoms with Crippen molar-refractivity contribution in [3.05, 3.63) is 93.2 Å². The van der Waals surface area contributed by atoms with Gasteiger partial charge < -0.3 is 5.32 Å². The van der Waals surface area contributed by atoms with Crippen molar-refractivity contribution in [2.24, 2.45) is 5.10 Å². The van der Waals surface area contributed by atoms with Gasteiger partial charge in [0.2, 0.25) is 0 Å². The molecule has 5 nitrogen and oxygen atoms in total. The number of rotatable bonds is 5. The molecule has 0 aliphatic carbocycles. The first-order valence-electron chi connectivity index (χ1n) is 9.25. The number of nitrogens with one attached hydrogen (secondary N) is 1. The van der Waals surface area contributed by atoms with Gasteiger partial charge >= 0.3 is 0 Å². The minimum atomic E-state index is -0.197. The quantitative estimate of drug-likeness (QED) is 0.526. The van der Waals surface area contributed by atoms with E-state index in [0.29, 0.717) is 33.6 Å². The lowest BCUT2D eigenvalue weighted by Crippen LogP contribution is -2.29. The van der Waals surface area contributed by atoms with Crippen LogP contribution in [0.25, 0.3) is 0 Å². The van der Waals surface area contributed by atoms with E-state index in [1.807, 2.05) is 35.3 Å². The lowest BCUT2D eigenvalue weighted by atomic mass is 10.0. The second-order valence-electron chi connectivity index (χ2n) is 6.80. The largest absolute Gasteiger partial charge is 0.347 e. The number of anilines is 1. The van der Waals surface area contributed by atoms with E-state index in [2.05, 4.69) is 10.3 Å². The summed E-state index contributed by atoms with van der Waals surface area (Å²) in [5, 5.41) is 11.3. The van der Waals surface area contributed by atoms with Crippen LogP contribution < -0.4 is 10.3 Å². The molecule has 8 heteroatoms. The van der Waals surface area contributed by atoms with Gasteiger partial charge in [-0.3, -0.25) is 14.8 Å². The number of hydrazone groups is 1. The second-order valence-corrected chi connectivity index (χ2v) is 8.08. The van der Waals surface area contributed by atoms with Crippen molar-refractivity contribution in [2.75, 3.05) is 11.6 Å². The van der Waals surface area contributed by atoms with Crippen LogP contribution in [0.3, 0.4) is 0 Å². The van der Waals surface area contributed by atoms with Crippen LogP contribution in [-0.4, -0.2) is 23.1 Å². The summed E-state index contributed by atoms with van der Waals surface area (Å²) in [4.78, 5) is 16.3. The van der Waals surface area contributed by atoms with Gasteiger partial charge in [-0.25, -0.2) is 0 Å². The molecule has 0 bridgehead atoms. The van der Waals surface area contributed by atoms with E-state index in [4.69, 9.17) is 39.9 Å². The van der Waals surface area contributed by atoms with Gasteiger partial charge in [0.05, 0.1) is 34.6 Å². The molecule has 1 amide bonds. The zero-order valence-electron chi connectivity index (χ0n) is 15.7. The molecule has 0 spiro atoms. The van der Waals surface area contributed by atoms with E-state index in [1.54, 1.807) is 30.5 Å². The Labute approximate surface area is 189 Å². The molecular weight excluding hydrogens is 443 g/mol. The number of hydrogen-bond acceptors (Lipinski definition) is 4. The van der Waals surface area contributed by atoms with Crippen molar-refractivity contribution in [2.45, 2.75) is 12.5 Å². The first-order valence-corrected chi connectivity index (χ1v) is 10.4. The fraction of sp³-hybridized carbons (Fsp3) is 0.136. The maximum Gasteiger partial charge on any atom is 0.253 e. The molecule has 0 radical (unpaired) electrons. The molecule has 2 heterocycles. The highest BCUT2D eigenvalue weighted by Gasteiger charge is 2.30. The molecule has 0 fully saturated rings. The Balaban J connectivity index is 1.58. The smallest absolute Gasteiger partial charge is 0.253 e. The van der Waals surface area contributed by atoms with Crippen LogP contribution in [0.1, 0.15) is 28.4 Å². The lowest BCUT2D eigenvalue weighted by Gasteiger charge is -2.25. The van der Waals surface area contributed by atoms with Gasteiger partial charge in [-0.15, -0.1) is 0 Å². The van der Waals surface area contributed by atoms with Crippen molar-refractivity contribution in [3.63, 3.8) is 0 Å². The van der Waals surface area contributed by atoms with E-state index in [9.17, 15) is 4.79 Å². The van der Waals surface area contributed by atoms with Crippen molar-refractivity contribution in [1.82, 2.24) is 10.3 Å². The molecule has 1 aromatic heterocycles. The Bertz CT molecular complexity index is 1090. The molecule has 152 valence electrons. The summed E-state index contributed by atoms with van der Waals surface area (Å²) in [5.41, 5.74) is 3.12. The topological polar surface area (TPSA) is 57.6 Å². The Hall–Kier alpha value is -2.60. The number of amides is 1. The first kappa shape index (κ1) is 20.7. The zero-order chi connectivity index (χ0) is 21.1. The van der Waals surface area contributed by atoms with Gasteiger partial charge in [0, 0.05) is 28.9 Å². The third kappa shape index (κ3) is 4.59. The molecule has 0 saturated heterocycles. The Morgan fingerprint density at radius 1 is 1.07 bits per heavy atom. The van der Waals surface area contributed by atoms with Crippen molar-refractivity contribution < 1.29 is 4.79 Å². The average Bonchev–Trinajstić information content (AvgIpc) is 3.17. The van der Waals surface area contributed by atoms with Crippen LogP contribution in [0.15, 0.2) is 72.1 Å². The van der Waals surface area contributed by atoms with Crippen LogP contribution in [0.2, 0.25) is 15.1 Å². The number of halogens is 3. The fourth-order valence-electron chi connectivity index (χ4n) is 3.29. The van der Waals surface area contributed by atoms with E-state index in [0.717, 1.165) is 17.0 Å².